The summed E-state index contributed by atoms with van der Waals surface area (Å²) in [6.45, 7) is 8.02. The number of rotatable bonds is 5. The molecule has 0 unspecified atom stereocenters. The van der Waals surface area contributed by atoms with Gasteiger partial charge in [0.2, 0.25) is 11.7 Å². The first-order chi connectivity index (χ1) is 13.9. The Balaban J connectivity index is 1.65. The van der Waals surface area contributed by atoms with E-state index >= 15 is 0 Å². The maximum Gasteiger partial charge on any atom is 0.226 e. The van der Waals surface area contributed by atoms with Crippen molar-refractivity contribution in [3.05, 3.63) is 75.9 Å². The standard InChI is InChI=1S/C24H22N2O2S/c1-14-5-7-18(8-6-14)20-12-29-24-22(20)23(25-13-26-24)28-11-21(27)19-10-16(3)15(2)9-17(19)4/h5-10,12-13H,11H2,1-4H3. The minimum atomic E-state index is -0.0569. The number of nitrogens with zero attached hydrogens (tertiary/aromatic N) is 2. The van der Waals surface area contributed by atoms with Crippen LogP contribution in [0, 0.1) is 27.7 Å². The van der Waals surface area contributed by atoms with Crippen molar-refractivity contribution in [1.82, 2.24) is 9.97 Å². The molecule has 5 heteroatoms. The predicted molar refractivity (Wildman–Crippen MR) is 118 cm³/mol. The number of aryl methyl sites for hydroxylation is 4. The number of carbonyl (C=O) groups is 1. The fraction of sp³-hybridized carbons (Fsp3) is 0.208. The number of thiophene rings is 1. The molecule has 0 bridgehead atoms. The van der Waals surface area contributed by atoms with Crippen molar-refractivity contribution in [2.45, 2.75) is 27.7 Å². The van der Waals surface area contributed by atoms with Crippen LogP contribution < -0.4 is 4.74 Å². The molecule has 0 N–H and O–H groups in total. The SMILES string of the molecule is Cc1ccc(-c2csc3ncnc(OCC(=O)c4cc(C)c(C)cc4C)c23)cc1. The van der Waals surface area contributed by atoms with Crippen LogP contribution in [-0.2, 0) is 0 Å². The van der Waals surface area contributed by atoms with Crippen molar-refractivity contribution >= 4 is 27.3 Å². The smallest absolute Gasteiger partial charge is 0.226 e. The van der Waals surface area contributed by atoms with Crippen LogP contribution in [0.5, 0.6) is 5.88 Å². The molecular formula is C24H22N2O2S. The molecule has 0 amide bonds. The summed E-state index contributed by atoms with van der Waals surface area (Å²) in [5.41, 5.74) is 7.25. The van der Waals surface area contributed by atoms with Gasteiger partial charge >= 0.3 is 0 Å². The van der Waals surface area contributed by atoms with Gasteiger partial charge in [-0.1, -0.05) is 35.9 Å². The van der Waals surface area contributed by atoms with Crippen LogP contribution in [0.15, 0.2) is 48.1 Å². The van der Waals surface area contributed by atoms with E-state index < -0.39 is 0 Å². The highest BCUT2D eigenvalue weighted by atomic mass is 32.1. The summed E-state index contributed by atoms with van der Waals surface area (Å²) >= 11 is 1.55. The van der Waals surface area contributed by atoms with Crippen LogP contribution >= 0.6 is 11.3 Å². The minimum Gasteiger partial charge on any atom is -0.469 e. The second-order valence-electron chi connectivity index (χ2n) is 7.34. The van der Waals surface area contributed by atoms with E-state index in [4.69, 9.17) is 4.74 Å². The number of ether oxygens (including phenoxy) is 1. The minimum absolute atomic E-state index is 0.0514. The number of hydrogen-bond acceptors (Lipinski definition) is 5. The van der Waals surface area contributed by atoms with Gasteiger partial charge in [0.15, 0.2) is 6.61 Å². The van der Waals surface area contributed by atoms with Gasteiger partial charge in [0.25, 0.3) is 0 Å². The molecule has 0 saturated carbocycles. The summed E-state index contributed by atoms with van der Waals surface area (Å²) in [6, 6.07) is 12.3. The second kappa shape index (κ2) is 7.76. The molecule has 0 aliphatic rings. The van der Waals surface area contributed by atoms with E-state index in [1.54, 1.807) is 11.3 Å². The summed E-state index contributed by atoms with van der Waals surface area (Å²) in [7, 11) is 0. The van der Waals surface area contributed by atoms with E-state index in [1.807, 2.05) is 32.9 Å². The molecule has 146 valence electrons. The van der Waals surface area contributed by atoms with Crippen LogP contribution in [0.4, 0.5) is 0 Å². The zero-order valence-corrected chi connectivity index (χ0v) is 17.8. The van der Waals surface area contributed by atoms with Gasteiger partial charge in [0.1, 0.15) is 11.2 Å². The number of fused-ring (bicyclic) bond motifs is 1. The second-order valence-corrected chi connectivity index (χ2v) is 8.20. The predicted octanol–water partition coefficient (Wildman–Crippen LogP) is 5.85. The van der Waals surface area contributed by atoms with E-state index in [2.05, 4.69) is 46.5 Å². The van der Waals surface area contributed by atoms with Gasteiger partial charge in [0, 0.05) is 16.5 Å². The summed E-state index contributed by atoms with van der Waals surface area (Å²) in [5, 5.41) is 2.91. The topological polar surface area (TPSA) is 52.1 Å². The lowest BCUT2D eigenvalue weighted by atomic mass is 9.98. The Hall–Kier alpha value is -3.05. The molecule has 4 rings (SSSR count). The van der Waals surface area contributed by atoms with Crippen molar-refractivity contribution < 1.29 is 9.53 Å². The molecule has 0 fully saturated rings. The molecule has 4 aromatic rings. The summed E-state index contributed by atoms with van der Waals surface area (Å²) in [4.78, 5) is 22.3. The number of aromatic nitrogens is 2. The molecular weight excluding hydrogens is 380 g/mol. The first kappa shape index (κ1) is 19.3. The largest absolute Gasteiger partial charge is 0.469 e. The number of ketones is 1. The van der Waals surface area contributed by atoms with E-state index in [1.165, 1.54) is 17.5 Å². The third kappa shape index (κ3) is 3.78. The Labute approximate surface area is 174 Å². The maximum atomic E-state index is 12.8. The monoisotopic (exact) mass is 402 g/mol. The zero-order valence-electron chi connectivity index (χ0n) is 16.9. The average Bonchev–Trinajstić information content (AvgIpc) is 3.14. The van der Waals surface area contributed by atoms with Crippen LogP contribution in [0.2, 0.25) is 0 Å². The van der Waals surface area contributed by atoms with Crippen molar-refractivity contribution in [3.63, 3.8) is 0 Å². The molecule has 0 spiro atoms. The highest BCUT2D eigenvalue weighted by Crippen LogP contribution is 2.37. The van der Waals surface area contributed by atoms with Gasteiger partial charge in [0.05, 0.1) is 5.39 Å². The molecule has 4 nitrogen and oxygen atoms in total. The van der Waals surface area contributed by atoms with Gasteiger partial charge in [-0.25, -0.2) is 9.97 Å². The third-order valence-electron chi connectivity index (χ3n) is 5.18. The summed E-state index contributed by atoms with van der Waals surface area (Å²) in [5.74, 6) is 0.395. The Morgan fingerprint density at radius 2 is 1.69 bits per heavy atom. The zero-order chi connectivity index (χ0) is 20.5. The van der Waals surface area contributed by atoms with Crippen molar-refractivity contribution in [2.75, 3.05) is 6.61 Å². The normalized spacial score (nSPS) is 11.0. The van der Waals surface area contributed by atoms with E-state index in [0.717, 1.165) is 32.5 Å². The number of benzene rings is 2. The van der Waals surface area contributed by atoms with Crippen molar-refractivity contribution in [2.24, 2.45) is 0 Å². The first-order valence-corrected chi connectivity index (χ1v) is 10.3. The number of carbonyl (C=O) groups excluding carboxylic acids is 1. The first-order valence-electron chi connectivity index (χ1n) is 9.47. The van der Waals surface area contributed by atoms with Crippen LogP contribution in [0.3, 0.4) is 0 Å². The van der Waals surface area contributed by atoms with E-state index in [0.29, 0.717) is 11.4 Å². The quantitative estimate of drug-likeness (QED) is 0.393. The lowest BCUT2D eigenvalue weighted by molar-refractivity contribution is 0.0918. The van der Waals surface area contributed by atoms with Gasteiger partial charge in [-0.05, 0) is 56.0 Å². The molecule has 2 aromatic heterocycles. The Morgan fingerprint density at radius 1 is 0.966 bits per heavy atom. The molecule has 0 saturated heterocycles. The lowest BCUT2D eigenvalue weighted by Gasteiger charge is -2.11. The van der Waals surface area contributed by atoms with Crippen molar-refractivity contribution in [3.8, 4) is 17.0 Å². The number of Topliss-reactive ketones (excluding diaryl/α,β-unsaturated/α-hetero) is 1. The van der Waals surface area contributed by atoms with Gasteiger partial charge < -0.3 is 4.74 Å². The Bertz CT molecular complexity index is 1210. The van der Waals surface area contributed by atoms with Gasteiger partial charge in [-0.2, -0.15) is 0 Å². The highest BCUT2D eigenvalue weighted by Gasteiger charge is 2.17. The molecule has 0 atom stereocenters. The maximum absolute atomic E-state index is 12.8. The fourth-order valence-corrected chi connectivity index (χ4v) is 4.28. The summed E-state index contributed by atoms with van der Waals surface area (Å²) < 4.78 is 5.91. The molecule has 2 heterocycles. The lowest BCUT2D eigenvalue weighted by Crippen LogP contribution is -2.14. The van der Waals surface area contributed by atoms with Crippen LogP contribution in [0.25, 0.3) is 21.3 Å². The Kier molecular flexibility index (Phi) is 5.16. The van der Waals surface area contributed by atoms with E-state index in [-0.39, 0.29) is 12.4 Å². The molecule has 29 heavy (non-hydrogen) atoms. The molecule has 0 aliphatic carbocycles. The fourth-order valence-electron chi connectivity index (χ4n) is 3.38. The number of hydrogen-bond donors (Lipinski definition) is 0. The van der Waals surface area contributed by atoms with Gasteiger partial charge in [-0.15, -0.1) is 11.3 Å². The van der Waals surface area contributed by atoms with E-state index in [9.17, 15) is 4.79 Å². The Morgan fingerprint density at radius 3 is 2.45 bits per heavy atom. The molecule has 2 aromatic carbocycles. The van der Waals surface area contributed by atoms with Crippen LogP contribution in [0.1, 0.15) is 32.6 Å². The summed E-state index contributed by atoms with van der Waals surface area (Å²) in [6.07, 6.45) is 1.48. The van der Waals surface area contributed by atoms with Crippen molar-refractivity contribution in [1.29, 1.82) is 0 Å². The third-order valence-corrected chi connectivity index (χ3v) is 6.07. The molecule has 0 aliphatic heterocycles. The van der Waals surface area contributed by atoms with Crippen LogP contribution in [-0.4, -0.2) is 22.4 Å². The average molecular weight is 403 g/mol. The highest BCUT2D eigenvalue weighted by molar-refractivity contribution is 7.17. The van der Waals surface area contributed by atoms with Gasteiger partial charge in [-0.3, -0.25) is 4.79 Å². The molecule has 0 radical (unpaired) electrons.